The Morgan fingerprint density at radius 2 is 1.80 bits per heavy atom. The summed E-state index contributed by atoms with van der Waals surface area (Å²) in [5.41, 5.74) is 0. The van der Waals surface area contributed by atoms with Gasteiger partial charge in [-0.3, -0.25) is 0 Å². The van der Waals surface area contributed by atoms with Gasteiger partial charge >= 0.3 is 44.5 Å². The molecule has 0 bridgehead atoms. The van der Waals surface area contributed by atoms with Crippen LogP contribution in [0.2, 0.25) is 0 Å². The Bertz CT molecular complexity index is 34.6. The van der Waals surface area contributed by atoms with Crippen LogP contribution in [0, 0.1) is 0 Å². The van der Waals surface area contributed by atoms with Crippen molar-refractivity contribution in [2.75, 3.05) is 14.1 Å². The fraction of sp³-hybridized carbons (Fsp3) is 1.00. The normalized spacial score (nSPS) is 9.40. The summed E-state index contributed by atoms with van der Waals surface area (Å²) in [5, 5.41) is 0. The molecule has 0 saturated carbocycles. The monoisotopic (exact) mass is 205 g/mol. The summed E-state index contributed by atoms with van der Waals surface area (Å²) in [5.74, 6) is 0. The van der Waals surface area contributed by atoms with Crippen LogP contribution in [0.4, 0.5) is 0 Å². The van der Waals surface area contributed by atoms with E-state index in [0.717, 1.165) is 0 Å². The summed E-state index contributed by atoms with van der Waals surface area (Å²) in [7, 11) is 4.13. The molecule has 0 atom stereocenters. The van der Waals surface area contributed by atoms with Gasteiger partial charge in [0.2, 0.25) is 0 Å². The van der Waals surface area contributed by atoms with Gasteiger partial charge in [-0.25, -0.2) is 0 Å². The van der Waals surface area contributed by atoms with Crippen LogP contribution in [-0.2, 0) is 0 Å². The molecular formula is C2H7NSe2. The van der Waals surface area contributed by atoms with E-state index >= 15 is 0 Å². The Labute approximate surface area is 44.8 Å². The maximum absolute atomic E-state index is 2.96. The molecule has 0 amide bonds. The van der Waals surface area contributed by atoms with Gasteiger partial charge in [-0.1, -0.05) is 0 Å². The molecule has 0 fully saturated rings. The molecule has 0 aliphatic heterocycles. The summed E-state index contributed by atoms with van der Waals surface area (Å²) in [6.07, 6.45) is 0. The zero-order valence-electron chi connectivity index (χ0n) is 3.30. The first-order valence-corrected chi connectivity index (χ1v) is 6.86. The molecule has 3 heteroatoms. The zero-order chi connectivity index (χ0) is 4.28. The Kier molecular flexibility index (Phi) is 3.84. The molecule has 0 rings (SSSR count). The van der Waals surface area contributed by atoms with Crippen molar-refractivity contribution in [1.82, 2.24) is 3.92 Å². The van der Waals surface area contributed by atoms with E-state index in [1.54, 1.807) is 0 Å². The van der Waals surface area contributed by atoms with Gasteiger partial charge in [0.05, 0.1) is 0 Å². The molecule has 0 saturated heterocycles. The molecular weight excluding hydrogens is 196 g/mol. The minimum absolute atomic E-state index is 0.368. The number of hydrogen-bond donors (Lipinski definition) is 0. The predicted molar refractivity (Wildman–Crippen MR) is 26.6 cm³/mol. The summed E-state index contributed by atoms with van der Waals surface area (Å²) in [6, 6.07) is 0. The molecule has 5 heavy (non-hydrogen) atoms. The molecule has 0 aromatic rings. The Balaban J connectivity index is 2.83. The van der Waals surface area contributed by atoms with Crippen molar-refractivity contribution in [2.45, 2.75) is 0 Å². The van der Waals surface area contributed by atoms with Crippen LogP contribution in [0.25, 0.3) is 0 Å². The van der Waals surface area contributed by atoms with E-state index in [4.69, 9.17) is 0 Å². The molecule has 0 unspecified atom stereocenters. The van der Waals surface area contributed by atoms with E-state index in [1.165, 1.54) is 0 Å². The second kappa shape index (κ2) is 3.20. The zero-order valence-corrected chi connectivity index (χ0v) is 6.89. The van der Waals surface area contributed by atoms with E-state index in [0.29, 0.717) is 12.8 Å². The Hall–Kier alpha value is 0.999. The fourth-order valence-electron chi connectivity index (χ4n) is 0. The van der Waals surface area contributed by atoms with Crippen molar-refractivity contribution < 1.29 is 0 Å². The molecule has 0 aliphatic rings. The Morgan fingerprint density at radius 3 is 1.80 bits per heavy atom. The standard InChI is InChI=1S/C2H7NSe2/c1-3(2)5-4/h5H,1-2H3. The summed E-state index contributed by atoms with van der Waals surface area (Å²) < 4.78 is 2.16. The SMILES string of the molecule is CN(C)[SeH]=[Se]. The van der Waals surface area contributed by atoms with E-state index in [-0.39, 0.29) is 0 Å². The molecule has 0 aromatic heterocycles. The van der Waals surface area contributed by atoms with Gasteiger partial charge in [-0.2, -0.15) is 0 Å². The van der Waals surface area contributed by atoms with Crippen LogP contribution in [-0.4, -0.2) is 44.5 Å². The van der Waals surface area contributed by atoms with Crippen molar-refractivity contribution >= 4 is 26.5 Å². The predicted octanol–water partition coefficient (Wildman–Crippen LogP) is -1.02. The van der Waals surface area contributed by atoms with E-state index in [2.05, 4.69) is 31.7 Å². The van der Waals surface area contributed by atoms with Gasteiger partial charge in [0.15, 0.2) is 0 Å². The van der Waals surface area contributed by atoms with Crippen LogP contribution in [0.15, 0.2) is 0 Å². The molecule has 1 nitrogen and oxygen atoms in total. The molecule has 0 heterocycles. The molecule has 0 aromatic carbocycles. The van der Waals surface area contributed by atoms with Gasteiger partial charge in [0.25, 0.3) is 0 Å². The number of hydrogen-bond acceptors (Lipinski definition) is 1. The fourth-order valence-corrected chi connectivity index (χ4v) is 0. The van der Waals surface area contributed by atoms with Gasteiger partial charge in [0, 0.05) is 0 Å². The van der Waals surface area contributed by atoms with Crippen molar-refractivity contribution in [3.8, 4) is 0 Å². The summed E-state index contributed by atoms with van der Waals surface area (Å²) in [4.78, 5) is 0. The second-order valence-corrected chi connectivity index (χ2v) is 4.73. The number of nitrogens with zero attached hydrogens (tertiary/aromatic N) is 1. The van der Waals surface area contributed by atoms with Crippen molar-refractivity contribution in [3.63, 3.8) is 0 Å². The maximum atomic E-state index is 2.96. The van der Waals surface area contributed by atoms with Gasteiger partial charge in [0.1, 0.15) is 0 Å². The molecule has 32 valence electrons. The minimum atomic E-state index is 0.368. The van der Waals surface area contributed by atoms with Crippen molar-refractivity contribution in [3.05, 3.63) is 0 Å². The average molecular weight is 203 g/mol. The van der Waals surface area contributed by atoms with Crippen LogP contribution in [0.5, 0.6) is 0 Å². The molecule has 0 radical (unpaired) electrons. The van der Waals surface area contributed by atoms with Crippen LogP contribution in [0.1, 0.15) is 0 Å². The van der Waals surface area contributed by atoms with Gasteiger partial charge < -0.3 is 0 Å². The number of rotatable bonds is 1. The first-order chi connectivity index (χ1) is 2.27. The van der Waals surface area contributed by atoms with Crippen LogP contribution < -0.4 is 0 Å². The third kappa shape index (κ3) is 5.00. The summed E-state index contributed by atoms with van der Waals surface area (Å²) >= 11 is 3.33. The molecule has 0 aliphatic carbocycles. The van der Waals surface area contributed by atoms with E-state index in [9.17, 15) is 0 Å². The second-order valence-electron chi connectivity index (χ2n) is 0.929. The Morgan fingerprint density at radius 1 is 1.60 bits per heavy atom. The first kappa shape index (κ1) is 6.00. The van der Waals surface area contributed by atoms with Crippen LogP contribution in [0.3, 0.4) is 0 Å². The van der Waals surface area contributed by atoms with Crippen molar-refractivity contribution in [2.24, 2.45) is 0 Å². The molecule has 0 N–H and O–H groups in total. The van der Waals surface area contributed by atoms with Crippen molar-refractivity contribution in [1.29, 1.82) is 0 Å². The van der Waals surface area contributed by atoms with Gasteiger partial charge in [-0.15, -0.1) is 0 Å². The average Bonchev–Trinajstić information content (AvgIpc) is 1.38. The third-order valence-corrected chi connectivity index (χ3v) is 4.41. The van der Waals surface area contributed by atoms with Gasteiger partial charge in [-0.05, 0) is 0 Å². The summed E-state index contributed by atoms with van der Waals surface area (Å²) in [6.45, 7) is 0. The topological polar surface area (TPSA) is 3.24 Å². The van der Waals surface area contributed by atoms with E-state index < -0.39 is 0 Å². The first-order valence-electron chi connectivity index (χ1n) is 1.28. The molecule has 0 spiro atoms. The quantitative estimate of drug-likeness (QED) is 0.493. The van der Waals surface area contributed by atoms with Crippen LogP contribution >= 0.6 is 0 Å². The third-order valence-electron chi connectivity index (χ3n) is 0.163. The van der Waals surface area contributed by atoms with E-state index in [1.807, 2.05) is 0 Å².